The van der Waals surface area contributed by atoms with Crippen LogP contribution in [-0.4, -0.2) is 193 Å². The highest BCUT2D eigenvalue weighted by Crippen LogP contribution is 2.33. The fourth-order valence-electron chi connectivity index (χ4n) is 10.3. The van der Waals surface area contributed by atoms with Gasteiger partial charge in [0.05, 0.1) is 38.6 Å². The van der Waals surface area contributed by atoms with Crippen LogP contribution >= 0.6 is 0 Å². The summed E-state index contributed by atoms with van der Waals surface area (Å²) in [4.78, 5) is 13.3. The molecular weight excluding hydrogens is 1070 g/mol. The summed E-state index contributed by atoms with van der Waals surface area (Å²) in [7, 11) is 0. The monoisotopic (exact) mass is 1180 g/mol. The Hall–Kier alpha value is -2.77. The molecule has 3 saturated heterocycles. The van der Waals surface area contributed by atoms with Crippen LogP contribution in [0.2, 0.25) is 0 Å². The zero-order chi connectivity index (χ0) is 60.5. The van der Waals surface area contributed by atoms with E-state index >= 15 is 0 Å². The van der Waals surface area contributed by atoms with Gasteiger partial charge in [-0.2, -0.15) is 0 Å². The van der Waals surface area contributed by atoms with E-state index in [0.29, 0.717) is 6.42 Å². The lowest BCUT2D eigenvalue weighted by molar-refractivity contribution is -0.379. The molecule has 12 N–H and O–H groups in total. The first-order valence-electron chi connectivity index (χ1n) is 31.7. The number of unbranched alkanes of at least 4 members (excludes halogenated alkanes) is 20. The molecule has 83 heavy (non-hydrogen) atoms. The highest BCUT2D eigenvalue weighted by molar-refractivity contribution is 5.76. The summed E-state index contributed by atoms with van der Waals surface area (Å²) in [5.74, 6) is -0.284. The van der Waals surface area contributed by atoms with Gasteiger partial charge in [0.1, 0.15) is 73.2 Å². The maximum absolute atomic E-state index is 13.3. The van der Waals surface area contributed by atoms with Gasteiger partial charge in [0.2, 0.25) is 5.91 Å². The Bertz CT molecular complexity index is 1790. The van der Waals surface area contributed by atoms with Crippen LogP contribution < -0.4 is 5.32 Å². The van der Waals surface area contributed by atoms with Crippen LogP contribution in [0.1, 0.15) is 194 Å². The van der Waals surface area contributed by atoms with Crippen molar-refractivity contribution in [1.82, 2.24) is 5.32 Å². The summed E-state index contributed by atoms with van der Waals surface area (Å²) in [5, 5.41) is 120. The third-order valence-electron chi connectivity index (χ3n) is 15.5. The highest BCUT2D eigenvalue weighted by Gasteiger charge is 2.53. The Morgan fingerprint density at radius 1 is 0.446 bits per heavy atom. The lowest BCUT2D eigenvalue weighted by Gasteiger charge is -2.48. The van der Waals surface area contributed by atoms with Crippen molar-refractivity contribution in [1.29, 1.82) is 0 Å². The van der Waals surface area contributed by atoms with Crippen molar-refractivity contribution in [2.45, 2.75) is 298 Å². The summed E-state index contributed by atoms with van der Waals surface area (Å²) in [6.45, 7) is 1.57. The summed E-state index contributed by atoms with van der Waals surface area (Å²) in [6, 6.07) is -0.977. The molecule has 3 rings (SSSR count). The number of hydrogen-bond donors (Lipinski definition) is 12. The van der Waals surface area contributed by atoms with Gasteiger partial charge in [-0.15, -0.1) is 0 Å². The number of allylic oxidation sites excluding steroid dienone is 11. The number of aliphatic hydroxyl groups excluding tert-OH is 11. The van der Waals surface area contributed by atoms with Crippen LogP contribution in [0, 0.1) is 0 Å². The number of carbonyl (C=O) groups is 1. The largest absolute Gasteiger partial charge is 0.394 e. The molecule has 0 aromatic rings. The van der Waals surface area contributed by atoms with Gasteiger partial charge in [-0.25, -0.2) is 0 Å². The van der Waals surface area contributed by atoms with Gasteiger partial charge in [0, 0.05) is 6.42 Å². The zero-order valence-electron chi connectivity index (χ0n) is 50.1. The smallest absolute Gasteiger partial charge is 0.220 e. The van der Waals surface area contributed by atoms with Crippen molar-refractivity contribution in [2.75, 3.05) is 26.4 Å². The second-order valence-corrected chi connectivity index (χ2v) is 22.5. The Morgan fingerprint density at radius 3 is 1.30 bits per heavy atom. The molecule has 3 fully saturated rings. The minimum absolute atomic E-state index is 0.236. The molecule has 0 aromatic heterocycles. The van der Waals surface area contributed by atoms with Crippen LogP contribution in [0.15, 0.2) is 72.9 Å². The van der Waals surface area contributed by atoms with Crippen LogP contribution in [-0.2, 0) is 33.2 Å². The molecule has 480 valence electrons. The van der Waals surface area contributed by atoms with Gasteiger partial charge >= 0.3 is 0 Å². The lowest BCUT2D eigenvalue weighted by atomic mass is 9.96. The number of ether oxygens (including phenoxy) is 6. The molecular formula is C64H111NO18. The Balaban J connectivity index is 1.42. The van der Waals surface area contributed by atoms with Gasteiger partial charge in [-0.05, 0) is 64.2 Å². The van der Waals surface area contributed by atoms with Crippen LogP contribution in [0.4, 0.5) is 0 Å². The molecule has 0 bridgehead atoms. The standard InChI is InChI=1S/C64H111NO18/c1-3-5-7-9-11-13-15-16-17-18-19-20-21-22-23-24-25-26-27-28-29-30-32-34-36-38-40-42-52(70)65-47(48(69)41-39-37-35-33-31-14-12-10-8-6-4-2)46-78-62-58(76)55(73)60(50(44-67)80-62)83-64-59(77)56(74)61(51(45-68)81-64)82-63-57(75)54(72)53(71)49(43-66)79-63/h5,7,11,13,16-17,19-20,22-23,39,41,47-51,53-64,66-69,71-77H,3-4,6,8-10,12,14-15,18,21,24-38,40,42-46H2,1-2H3,(H,65,70)/b7-5-,13-11-,17-16-,20-19-,23-22-,41-39+. The number of hydrogen-bond acceptors (Lipinski definition) is 18. The zero-order valence-corrected chi connectivity index (χ0v) is 50.1. The van der Waals surface area contributed by atoms with E-state index in [1.165, 1.54) is 77.0 Å². The van der Waals surface area contributed by atoms with Crippen molar-refractivity contribution in [3.63, 3.8) is 0 Å². The molecule has 0 saturated carbocycles. The average Bonchev–Trinajstić information content (AvgIpc) is 3.62. The van der Waals surface area contributed by atoms with E-state index in [1.54, 1.807) is 6.08 Å². The van der Waals surface area contributed by atoms with Gasteiger partial charge < -0.3 is 89.9 Å². The Morgan fingerprint density at radius 2 is 0.831 bits per heavy atom. The van der Waals surface area contributed by atoms with E-state index in [-0.39, 0.29) is 18.9 Å². The Labute approximate surface area is 496 Å². The average molecular weight is 1180 g/mol. The van der Waals surface area contributed by atoms with E-state index in [9.17, 15) is 61.0 Å². The number of aliphatic hydroxyl groups is 11. The third kappa shape index (κ3) is 29.7. The first-order valence-corrected chi connectivity index (χ1v) is 31.7. The highest BCUT2D eigenvalue weighted by atomic mass is 16.8. The van der Waals surface area contributed by atoms with Crippen LogP contribution in [0.3, 0.4) is 0 Å². The maximum Gasteiger partial charge on any atom is 0.220 e. The lowest BCUT2D eigenvalue weighted by Crippen LogP contribution is -2.66. The molecule has 19 nitrogen and oxygen atoms in total. The van der Waals surface area contributed by atoms with E-state index in [1.807, 2.05) is 6.08 Å². The van der Waals surface area contributed by atoms with Gasteiger partial charge in [0.15, 0.2) is 18.9 Å². The SMILES string of the molecule is CC/C=C\C/C=C\C/C=C\C/C=C\C/C=C\CCCCCCCCCCCCCC(=O)NC(COC1OC(CO)C(OC2OC(CO)C(OC3OC(CO)C(O)C(O)C3O)C(O)C2O)C(O)C1O)C(O)/C=C/CCCCCCCCCCC. The maximum atomic E-state index is 13.3. The van der Waals surface area contributed by atoms with Crippen molar-refractivity contribution in [2.24, 2.45) is 0 Å². The molecule has 0 radical (unpaired) electrons. The fraction of sp³-hybridized carbons (Fsp3) is 0.797. The molecule has 19 heteroatoms. The summed E-state index contributed by atoms with van der Waals surface area (Å²) in [5.41, 5.74) is 0. The minimum atomic E-state index is -1.98. The van der Waals surface area contributed by atoms with E-state index < -0.39 is 124 Å². The summed E-state index contributed by atoms with van der Waals surface area (Å²) < 4.78 is 34.2. The predicted octanol–water partition coefficient (Wildman–Crippen LogP) is 6.60. The quantitative estimate of drug-likeness (QED) is 0.0226. The molecule has 3 aliphatic heterocycles. The van der Waals surface area contributed by atoms with Crippen LogP contribution in [0.5, 0.6) is 0 Å². The molecule has 0 aliphatic carbocycles. The number of carbonyl (C=O) groups excluding carboxylic acids is 1. The van der Waals surface area contributed by atoms with Gasteiger partial charge in [0.25, 0.3) is 0 Å². The van der Waals surface area contributed by atoms with E-state index in [2.05, 4.69) is 79.9 Å². The number of nitrogens with one attached hydrogen (secondary N) is 1. The molecule has 1 amide bonds. The normalized spacial score (nSPS) is 29.9. The first-order chi connectivity index (χ1) is 40.3. The first kappa shape index (κ1) is 74.5. The second kappa shape index (κ2) is 46.4. The van der Waals surface area contributed by atoms with Crippen molar-refractivity contribution >= 4 is 5.91 Å². The van der Waals surface area contributed by atoms with E-state index in [4.69, 9.17) is 28.4 Å². The summed E-state index contributed by atoms with van der Waals surface area (Å²) >= 11 is 0. The van der Waals surface area contributed by atoms with Crippen LogP contribution in [0.25, 0.3) is 0 Å². The molecule has 17 unspecified atom stereocenters. The minimum Gasteiger partial charge on any atom is -0.394 e. The van der Waals surface area contributed by atoms with Gasteiger partial charge in [-0.1, -0.05) is 196 Å². The fourth-order valence-corrected chi connectivity index (χ4v) is 10.3. The van der Waals surface area contributed by atoms with Gasteiger partial charge in [-0.3, -0.25) is 4.79 Å². The summed E-state index contributed by atoms with van der Waals surface area (Å²) in [6.07, 6.45) is 28.9. The molecule has 0 spiro atoms. The Kier molecular flexibility index (Phi) is 41.6. The predicted molar refractivity (Wildman–Crippen MR) is 318 cm³/mol. The van der Waals surface area contributed by atoms with Crippen molar-refractivity contribution in [3.05, 3.63) is 72.9 Å². The second-order valence-electron chi connectivity index (χ2n) is 22.5. The van der Waals surface area contributed by atoms with E-state index in [0.717, 1.165) is 89.9 Å². The molecule has 17 atom stereocenters. The number of amides is 1. The molecule has 3 aliphatic rings. The molecule has 0 aromatic carbocycles. The number of rotatable bonds is 46. The van der Waals surface area contributed by atoms with Crippen molar-refractivity contribution in [3.8, 4) is 0 Å². The van der Waals surface area contributed by atoms with Crippen molar-refractivity contribution < 1.29 is 89.4 Å². The topological polar surface area (TPSA) is 307 Å². The third-order valence-corrected chi connectivity index (χ3v) is 15.5. The molecule has 3 heterocycles.